The smallest absolute Gasteiger partial charge is 0.340 e. The molecule has 112 valence electrons. The molecule has 1 aromatic heterocycles. The minimum atomic E-state index is -0.420. The number of hydrogen-bond donors (Lipinski definition) is 0. The Kier molecular flexibility index (Phi) is 4.35. The zero-order valence-corrected chi connectivity index (χ0v) is 14.6. The summed E-state index contributed by atoms with van der Waals surface area (Å²) < 4.78 is 7.82. The highest BCUT2D eigenvalue weighted by atomic mass is 127. The molecule has 0 fully saturated rings. The number of fused-ring (bicyclic) bond motifs is 1. The molecule has 0 saturated heterocycles. The van der Waals surface area contributed by atoms with Gasteiger partial charge >= 0.3 is 5.97 Å². The second kappa shape index (κ2) is 6.26. The van der Waals surface area contributed by atoms with Crippen LogP contribution in [0.4, 0.5) is 0 Å². The van der Waals surface area contributed by atoms with Gasteiger partial charge in [0.2, 0.25) is 0 Å². The molecule has 0 aliphatic carbocycles. The van der Waals surface area contributed by atoms with Gasteiger partial charge in [-0.3, -0.25) is 4.68 Å². The van der Waals surface area contributed by atoms with E-state index in [0.717, 1.165) is 16.5 Å². The Morgan fingerprint density at radius 2 is 2.05 bits per heavy atom. The first-order valence-electron chi connectivity index (χ1n) is 6.56. The molecule has 3 rings (SSSR count). The lowest BCUT2D eigenvalue weighted by Crippen LogP contribution is -2.08. The molecule has 0 N–H and O–H groups in total. The lowest BCUT2D eigenvalue weighted by Gasteiger charge is -2.08. The fourth-order valence-electron chi connectivity index (χ4n) is 2.34. The van der Waals surface area contributed by atoms with Crippen LogP contribution < -0.4 is 0 Å². The summed E-state index contributed by atoms with van der Waals surface area (Å²) in [6.07, 6.45) is 1.71. The van der Waals surface area contributed by atoms with Crippen molar-refractivity contribution < 1.29 is 9.53 Å². The average molecular weight is 427 g/mol. The minimum absolute atomic E-state index is 0.420. The average Bonchev–Trinajstić information content (AvgIpc) is 2.90. The van der Waals surface area contributed by atoms with Crippen LogP contribution in [0.2, 0.25) is 5.02 Å². The Labute approximate surface area is 146 Å². The zero-order chi connectivity index (χ0) is 15.7. The van der Waals surface area contributed by atoms with Crippen molar-refractivity contribution in [1.82, 2.24) is 9.78 Å². The van der Waals surface area contributed by atoms with Gasteiger partial charge < -0.3 is 4.74 Å². The number of esters is 1. The SMILES string of the molecule is COC(=O)c1cc(Cl)cc2cnn(Cc3ccc(I)cc3)c12. The Hall–Kier alpha value is -1.60. The van der Waals surface area contributed by atoms with Gasteiger partial charge in [0.25, 0.3) is 0 Å². The third kappa shape index (κ3) is 2.96. The van der Waals surface area contributed by atoms with E-state index in [1.807, 2.05) is 24.3 Å². The van der Waals surface area contributed by atoms with Crippen LogP contribution in [0.25, 0.3) is 10.9 Å². The lowest BCUT2D eigenvalue weighted by atomic mass is 10.1. The van der Waals surface area contributed by atoms with E-state index >= 15 is 0 Å². The van der Waals surface area contributed by atoms with Gasteiger partial charge in [-0.2, -0.15) is 5.10 Å². The topological polar surface area (TPSA) is 44.1 Å². The van der Waals surface area contributed by atoms with Crippen LogP contribution in [-0.2, 0) is 11.3 Å². The summed E-state index contributed by atoms with van der Waals surface area (Å²) in [5.41, 5.74) is 2.26. The normalized spacial score (nSPS) is 10.9. The van der Waals surface area contributed by atoms with Crippen molar-refractivity contribution in [2.75, 3.05) is 7.11 Å². The number of carbonyl (C=O) groups is 1. The summed E-state index contributed by atoms with van der Waals surface area (Å²) in [6, 6.07) is 11.6. The van der Waals surface area contributed by atoms with E-state index in [-0.39, 0.29) is 0 Å². The van der Waals surface area contributed by atoms with Gasteiger partial charge in [-0.05, 0) is 52.4 Å². The second-order valence-electron chi connectivity index (χ2n) is 4.81. The fraction of sp³-hybridized carbons (Fsp3) is 0.125. The monoisotopic (exact) mass is 426 g/mol. The highest BCUT2D eigenvalue weighted by molar-refractivity contribution is 14.1. The van der Waals surface area contributed by atoms with Gasteiger partial charge in [-0.25, -0.2) is 4.79 Å². The summed E-state index contributed by atoms with van der Waals surface area (Å²) in [7, 11) is 1.36. The molecule has 4 nitrogen and oxygen atoms in total. The van der Waals surface area contributed by atoms with Crippen LogP contribution >= 0.6 is 34.2 Å². The van der Waals surface area contributed by atoms with Gasteiger partial charge in [-0.1, -0.05) is 23.7 Å². The van der Waals surface area contributed by atoms with Crippen molar-refractivity contribution >= 4 is 51.1 Å². The molecule has 0 bridgehead atoms. The molecule has 0 atom stereocenters. The fourth-order valence-corrected chi connectivity index (χ4v) is 2.93. The van der Waals surface area contributed by atoms with Crippen molar-refractivity contribution in [3.05, 3.63) is 62.3 Å². The van der Waals surface area contributed by atoms with E-state index in [0.29, 0.717) is 17.1 Å². The molecule has 2 aromatic carbocycles. The van der Waals surface area contributed by atoms with Crippen molar-refractivity contribution in [2.45, 2.75) is 6.54 Å². The maximum Gasteiger partial charge on any atom is 0.340 e. The Bertz CT molecular complexity index is 843. The van der Waals surface area contributed by atoms with Crippen molar-refractivity contribution in [3.63, 3.8) is 0 Å². The summed E-state index contributed by atoms with van der Waals surface area (Å²) in [5.74, 6) is -0.420. The molecular weight excluding hydrogens is 415 g/mol. The second-order valence-corrected chi connectivity index (χ2v) is 6.49. The maximum absolute atomic E-state index is 12.0. The van der Waals surface area contributed by atoms with E-state index in [1.54, 1.807) is 23.0 Å². The van der Waals surface area contributed by atoms with Gasteiger partial charge in [0, 0.05) is 14.0 Å². The van der Waals surface area contributed by atoms with E-state index in [9.17, 15) is 4.79 Å². The number of methoxy groups -OCH3 is 1. The Balaban J connectivity index is 2.10. The van der Waals surface area contributed by atoms with E-state index < -0.39 is 5.97 Å². The Morgan fingerprint density at radius 1 is 1.32 bits per heavy atom. The van der Waals surface area contributed by atoms with E-state index in [1.165, 1.54) is 10.7 Å². The number of benzene rings is 2. The van der Waals surface area contributed by atoms with Crippen LogP contribution in [-0.4, -0.2) is 22.9 Å². The molecule has 0 spiro atoms. The number of nitrogens with zero attached hydrogens (tertiary/aromatic N) is 2. The van der Waals surface area contributed by atoms with Gasteiger partial charge in [0.15, 0.2) is 0 Å². The molecule has 1 heterocycles. The number of rotatable bonds is 3. The molecule has 22 heavy (non-hydrogen) atoms. The number of carbonyl (C=O) groups excluding carboxylic acids is 1. The molecule has 0 amide bonds. The first-order chi connectivity index (χ1) is 10.6. The van der Waals surface area contributed by atoms with Gasteiger partial charge in [0.1, 0.15) is 0 Å². The maximum atomic E-state index is 12.0. The molecule has 6 heteroatoms. The number of aromatic nitrogens is 2. The van der Waals surface area contributed by atoms with E-state index in [4.69, 9.17) is 16.3 Å². The predicted octanol–water partition coefficient (Wildman–Crippen LogP) is 4.13. The first kappa shape index (κ1) is 15.3. The first-order valence-corrected chi connectivity index (χ1v) is 8.02. The largest absolute Gasteiger partial charge is 0.465 e. The van der Waals surface area contributed by atoms with Crippen LogP contribution in [0.5, 0.6) is 0 Å². The molecule has 0 radical (unpaired) electrons. The molecular formula is C16H12ClIN2O2. The van der Waals surface area contributed by atoms with Crippen LogP contribution in [0.3, 0.4) is 0 Å². The summed E-state index contributed by atoms with van der Waals surface area (Å²) in [4.78, 5) is 12.0. The zero-order valence-electron chi connectivity index (χ0n) is 11.7. The van der Waals surface area contributed by atoms with Gasteiger partial charge in [0.05, 0.1) is 30.9 Å². The summed E-state index contributed by atoms with van der Waals surface area (Å²) >= 11 is 8.33. The highest BCUT2D eigenvalue weighted by Gasteiger charge is 2.16. The van der Waals surface area contributed by atoms with Crippen molar-refractivity contribution in [2.24, 2.45) is 0 Å². The minimum Gasteiger partial charge on any atom is -0.465 e. The lowest BCUT2D eigenvalue weighted by molar-refractivity contribution is 0.0602. The third-order valence-electron chi connectivity index (χ3n) is 3.35. The highest BCUT2D eigenvalue weighted by Crippen LogP contribution is 2.25. The van der Waals surface area contributed by atoms with Crippen LogP contribution in [0, 0.1) is 3.57 Å². The standard InChI is InChI=1S/C16H12ClIN2O2/c1-22-16(21)14-7-12(17)6-11-8-19-20(15(11)14)9-10-2-4-13(18)5-3-10/h2-8H,9H2,1H3. The van der Waals surface area contributed by atoms with Crippen molar-refractivity contribution in [3.8, 4) is 0 Å². The quantitative estimate of drug-likeness (QED) is 0.467. The van der Waals surface area contributed by atoms with Crippen LogP contribution in [0.15, 0.2) is 42.6 Å². The summed E-state index contributed by atoms with van der Waals surface area (Å²) in [5, 5.41) is 5.69. The van der Waals surface area contributed by atoms with Crippen molar-refractivity contribution in [1.29, 1.82) is 0 Å². The molecule has 0 aliphatic rings. The number of hydrogen-bond acceptors (Lipinski definition) is 3. The van der Waals surface area contributed by atoms with Crippen LogP contribution in [0.1, 0.15) is 15.9 Å². The molecule has 0 saturated carbocycles. The third-order valence-corrected chi connectivity index (χ3v) is 4.29. The molecule has 0 aliphatic heterocycles. The summed E-state index contributed by atoms with van der Waals surface area (Å²) in [6.45, 7) is 0.575. The molecule has 3 aromatic rings. The number of halogens is 2. The molecule has 0 unspecified atom stereocenters. The Morgan fingerprint density at radius 3 is 2.73 bits per heavy atom. The van der Waals surface area contributed by atoms with E-state index in [2.05, 4.69) is 27.7 Å². The van der Waals surface area contributed by atoms with Gasteiger partial charge in [-0.15, -0.1) is 0 Å². The predicted molar refractivity (Wildman–Crippen MR) is 94.3 cm³/mol. The number of ether oxygens (including phenoxy) is 1.